The Morgan fingerprint density at radius 2 is 2.26 bits per heavy atom. The van der Waals surface area contributed by atoms with Crippen molar-refractivity contribution in [3.63, 3.8) is 0 Å². The van der Waals surface area contributed by atoms with Crippen molar-refractivity contribution in [2.24, 2.45) is 0 Å². The Labute approximate surface area is 116 Å². The number of anilines is 1. The predicted molar refractivity (Wildman–Crippen MR) is 77.9 cm³/mol. The minimum absolute atomic E-state index is 0.383. The first-order chi connectivity index (χ1) is 9.24. The number of benzene rings is 1. The van der Waals surface area contributed by atoms with Gasteiger partial charge < -0.3 is 10.3 Å². The highest BCUT2D eigenvalue weighted by Crippen LogP contribution is 2.37. The van der Waals surface area contributed by atoms with E-state index in [0.29, 0.717) is 11.1 Å². The lowest BCUT2D eigenvalue weighted by Gasteiger charge is -2.17. The summed E-state index contributed by atoms with van der Waals surface area (Å²) in [6, 6.07) is 5.83. The van der Waals surface area contributed by atoms with E-state index in [2.05, 4.69) is 10.1 Å². The summed E-state index contributed by atoms with van der Waals surface area (Å²) in [4.78, 5) is 4.52. The van der Waals surface area contributed by atoms with E-state index < -0.39 is 0 Å². The Hall–Kier alpha value is -1.49. The molecule has 1 aromatic heterocycles. The van der Waals surface area contributed by atoms with Gasteiger partial charge in [0, 0.05) is 11.3 Å². The van der Waals surface area contributed by atoms with E-state index >= 15 is 0 Å². The molecule has 0 aliphatic carbocycles. The van der Waals surface area contributed by atoms with E-state index in [1.807, 2.05) is 36.9 Å². The normalized spacial score (nSPS) is 19.5. The van der Waals surface area contributed by atoms with E-state index in [0.717, 1.165) is 29.1 Å². The van der Waals surface area contributed by atoms with E-state index in [1.54, 1.807) is 0 Å². The van der Waals surface area contributed by atoms with E-state index in [9.17, 15) is 0 Å². The number of rotatable bonds is 2. The van der Waals surface area contributed by atoms with Crippen LogP contribution in [-0.4, -0.2) is 15.9 Å². The van der Waals surface area contributed by atoms with Gasteiger partial charge in [-0.1, -0.05) is 17.6 Å². The summed E-state index contributed by atoms with van der Waals surface area (Å²) in [6.45, 7) is 1.98. The van der Waals surface area contributed by atoms with Gasteiger partial charge in [0.2, 0.25) is 0 Å². The maximum absolute atomic E-state index is 5.91. The fourth-order valence-corrected chi connectivity index (χ4v) is 3.43. The van der Waals surface area contributed by atoms with Crippen molar-refractivity contribution in [2.75, 3.05) is 11.5 Å². The molecular weight excluding hydrogens is 258 g/mol. The highest BCUT2D eigenvalue weighted by Gasteiger charge is 2.21. The number of nitrogen functional groups attached to an aromatic ring is 1. The molecule has 4 nitrogen and oxygen atoms in total. The van der Waals surface area contributed by atoms with E-state index in [1.165, 1.54) is 18.6 Å². The van der Waals surface area contributed by atoms with E-state index in [-0.39, 0.29) is 0 Å². The molecule has 100 valence electrons. The molecule has 1 aliphatic heterocycles. The van der Waals surface area contributed by atoms with Crippen molar-refractivity contribution in [3.05, 3.63) is 29.6 Å². The van der Waals surface area contributed by atoms with Crippen molar-refractivity contribution in [1.29, 1.82) is 0 Å². The van der Waals surface area contributed by atoms with Gasteiger partial charge in [0.05, 0.1) is 5.25 Å². The lowest BCUT2D eigenvalue weighted by Crippen LogP contribution is -2.03. The minimum Gasteiger partial charge on any atom is -0.398 e. The molecule has 0 spiro atoms. The van der Waals surface area contributed by atoms with Crippen LogP contribution in [0.3, 0.4) is 0 Å². The van der Waals surface area contributed by atoms with E-state index in [4.69, 9.17) is 10.3 Å². The van der Waals surface area contributed by atoms with Crippen molar-refractivity contribution in [3.8, 4) is 11.5 Å². The van der Waals surface area contributed by atoms with Gasteiger partial charge in [0.1, 0.15) is 0 Å². The molecule has 1 saturated heterocycles. The van der Waals surface area contributed by atoms with Crippen LogP contribution < -0.4 is 5.73 Å². The SMILES string of the molecule is Cc1ccc(-c2nc(C3CCCCS3)no2)cc1N. The maximum atomic E-state index is 5.91. The molecule has 0 radical (unpaired) electrons. The summed E-state index contributed by atoms with van der Waals surface area (Å²) >= 11 is 1.92. The second kappa shape index (κ2) is 5.25. The zero-order valence-electron chi connectivity index (χ0n) is 10.9. The average molecular weight is 275 g/mol. The number of hydrogen-bond acceptors (Lipinski definition) is 5. The standard InChI is InChI=1S/C14H17N3OS/c1-9-5-6-10(8-11(9)15)14-16-13(17-18-14)12-4-2-3-7-19-12/h5-6,8,12H,2-4,7,15H2,1H3. The van der Waals surface area contributed by atoms with Gasteiger partial charge in [-0.3, -0.25) is 0 Å². The number of thioether (sulfide) groups is 1. The molecular formula is C14H17N3OS. The molecule has 3 rings (SSSR count). The van der Waals surface area contributed by atoms with Crippen LogP contribution in [0.5, 0.6) is 0 Å². The van der Waals surface area contributed by atoms with Gasteiger partial charge in [-0.15, -0.1) is 0 Å². The number of nitrogens with two attached hydrogens (primary N) is 1. The summed E-state index contributed by atoms with van der Waals surface area (Å²) in [7, 11) is 0. The first-order valence-corrected chi connectivity index (χ1v) is 7.60. The lowest BCUT2D eigenvalue weighted by atomic mass is 10.1. The third-order valence-electron chi connectivity index (χ3n) is 3.44. The second-order valence-corrected chi connectivity index (χ2v) is 6.19. The summed E-state index contributed by atoms with van der Waals surface area (Å²) in [5.41, 5.74) is 8.62. The Morgan fingerprint density at radius 1 is 1.37 bits per heavy atom. The van der Waals surface area contributed by atoms with Crippen LogP contribution in [0.1, 0.15) is 35.9 Å². The number of nitrogens with zero attached hydrogens (tertiary/aromatic N) is 2. The number of hydrogen-bond donors (Lipinski definition) is 1. The van der Waals surface area contributed by atoms with Crippen LogP contribution in [0.15, 0.2) is 22.7 Å². The number of aromatic nitrogens is 2. The van der Waals surface area contributed by atoms with Crippen molar-refractivity contribution in [2.45, 2.75) is 31.4 Å². The highest BCUT2D eigenvalue weighted by molar-refractivity contribution is 7.99. The molecule has 0 bridgehead atoms. The molecule has 1 atom stereocenters. The molecule has 1 unspecified atom stereocenters. The third kappa shape index (κ3) is 2.61. The molecule has 1 fully saturated rings. The average Bonchev–Trinajstić information content (AvgIpc) is 2.93. The first-order valence-electron chi connectivity index (χ1n) is 6.56. The van der Waals surface area contributed by atoms with Crippen LogP contribution in [-0.2, 0) is 0 Å². The maximum Gasteiger partial charge on any atom is 0.258 e. The third-order valence-corrected chi connectivity index (χ3v) is 4.81. The van der Waals surface area contributed by atoms with Crippen molar-refractivity contribution < 1.29 is 4.52 Å². The van der Waals surface area contributed by atoms with Gasteiger partial charge in [0.25, 0.3) is 5.89 Å². The molecule has 19 heavy (non-hydrogen) atoms. The molecule has 0 saturated carbocycles. The van der Waals surface area contributed by atoms with Crippen molar-refractivity contribution >= 4 is 17.4 Å². The fraction of sp³-hybridized carbons (Fsp3) is 0.429. The van der Waals surface area contributed by atoms with Crippen LogP contribution >= 0.6 is 11.8 Å². The van der Waals surface area contributed by atoms with Gasteiger partial charge in [-0.25, -0.2) is 0 Å². The van der Waals surface area contributed by atoms with Crippen LogP contribution in [0.25, 0.3) is 11.5 Å². The monoisotopic (exact) mass is 275 g/mol. The molecule has 1 aromatic carbocycles. The molecule has 2 heterocycles. The summed E-state index contributed by atoms with van der Waals surface area (Å²) in [5.74, 6) is 2.57. The zero-order chi connectivity index (χ0) is 13.2. The summed E-state index contributed by atoms with van der Waals surface area (Å²) in [5, 5.41) is 4.50. The minimum atomic E-state index is 0.383. The number of aryl methyl sites for hydroxylation is 1. The van der Waals surface area contributed by atoms with Gasteiger partial charge in [0.15, 0.2) is 5.82 Å². The summed E-state index contributed by atoms with van der Waals surface area (Å²) in [6.07, 6.45) is 3.68. The molecule has 1 aliphatic rings. The van der Waals surface area contributed by atoms with Gasteiger partial charge in [-0.2, -0.15) is 16.7 Å². The topological polar surface area (TPSA) is 64.9 Å². The first kappa shape index (κ1) is 12.5. The summed E-state index contributed by atoms with van der Waals surface area (Å²) < 4.78 is 5.37. The molecule has 2 N–H and O–H groups in total. The molecule has 2 aromatic rings. The van der Waals surface area contributed by atoms with Crippen LogP contribution in [0.2, 0.25) is 0 Å². The fourth-order valence-electron chi connectivity index (χ4n) is 2.20. The van der Waals surface area contributed by atoms with Gasteiger partial charge >= 0.3 is 0 Å². The Bertz CT molecular complexity index is 576. The van der Waals surface area contributed by atoms with Crippen molar-refractivity contribution in [1.82, 2.24) is 10.1 Å². The Balaban J connectivity index is 1.85. The Morgan fingerprint density at radius 3 is 3.00 bits per heavy atom. The van der Waals surface area contributed by atoms with Crippen LogP contribution in [0, 0.1) is 6.92 Å². The largest absolute Gasteiger partial charge is 0.398 e. The molecule has 0 amide bonds. The Kier molecular flexibility index (Phi) is 3.46. The van der Waals surface area contributed by atoms with Gasteiger partial charge in [-0.05, 0) is 43.2 Å². The smallest absolute Gasteiger partial charge is 0.258 e. The highest BCUT2D eigenvalue weighted by atomic mass is 32.2. The second-order valence-electron chi connectivity index (χ2n) is 4.88. The predicted octanol–water partition coefficient (Wildman–Crippen LogP) is 3.59. The molecule has 5 heteroatoms. The quantitative estimate of drug-likeness (QED) is 0.848. The lowest BCUT2D eigenvalue weighted by molar-refractivity contribution is 0.420. The van der Waals surface area contributed by atoms with Crippen LogP contribution in [0.4, 0.5) is 5.69 Å². The zero-order valence-corrected chi connectivity index (χ0v) is 11.7.